The maximum Gasteiger partial charge on any atom is 0.318 e. The smallest absolute Gasteiger partial charge is 0.318 e. The molecule has 2 heterocycles. The summed E-state index contributed by atoms with van der Waals surface area (Å²) >= 11 is 0. The molecule has 1 unspecified atom stereocenters. The summed E-state index contributed by atoms with van der Waals surface area (Å²) in [4.78, 5) is 17.9. The van der Waals surface area contributed by atoms with Crippen LogP contribution in [0, 0.1) is 11.6 Å². The number of nitrogens with one attached hydrogen (secondary N) is 1. The fourth-order valence-electron chi connectivity index (χ4n) is 5.47. The van der Waals surface area contributed by atoms with Crippen LogP contribution in [0.15, 0.2) is 72.8 Å². The van der Waals surface area contributed by atoms with Gasteiger partial charge in [0.25, 0.3) is 0 Å². The number of amides is 2. The Morgan fingerprint density at radius 1 is 0.886 bits per heavy atom. The average molecular weight is 476 g/mol. The van der Waals surface area contributed by atoms with Gasteiger partial charge < -0.3 is 10.2 Å². The number of fused-ring (bicyclic) bond motifs is 1. The van der Waals surface area contributed by atoms with Crippen molar-refractivity contribution in [2.75, 3.05) is 19.6 Å². The van der Waals surface area contributed by atoms with Gasteiger partial charge in [0.1, 0.15) is 0 Å². The molecule has 1 fully saturated rings. The zero-order chi connectivity index (χ0) is 24.2. The molecule has 5 rings (SSSR count). The summed E-state index contributed by atoms with van der Waals surface area (Å²) in [6.45, 7) is 2.80. The minimum atomic E-state index is -0.821. The van der Waals surface area contributed by atoms with Crippen LogP contribution in [0.2, 0.25) is 0 Å². The van der Waals surface area contributed by atoms with Gasteiger partial charge in [0.15, 0.2) is 11.6 Å². The molecule has 3 aromatic carbocycles. The Hall–Kier alpha value is -3.25. The normalized spacial score (nSPS) is 19.9. The lowest BCUT2D eigenvalue weighted by Gasteiger charge is -2.43. The lowest BCUT2D eigenvalue weighted by Crippen LogP contribution is -2.52. The van der Waals surface area contributed by atoms with E-state index in [9.17, 15) is 13.6 Å². The molecule has 3 aromatic rings. The van der Waals surface area contributed by atoms with E-state index in [1.807, 2.05) is 18.2 Å². The van der Waals surface area contributed by atoms with Crippen molar-refractivity contribution in [2.45, 2.75) is 44.3 Å². The predicted octanol–water partition coefficient (Wildman–Crippen LogP) is 5.68. The summed E-state index contributed by atoms with van der Waals surface area (Å²) < 4.78 is 27.0. The monoisotopic (exact) mass is 475 g/mol. The molecule has 1 N–H and O–H groups in total. The number of likely N-dealkylation sites (tertiary alicyclic amines) is 1. The van der Waals surface area contributed by atoms with Crippen LogP contribution in [0.3, 0.4) is 0 Å². The number of carbonyl (C=O) groups is 1. The molecule has 0 spiro atoms. The van der Waals surface area contributed by atoms with Crippen molar-refractivity contribution in [2.24, 2.45) is 0 Å². The molecule has 0 radical (unpaired) electrons. The molecule has 1 saturated heterocycles. The Morgan fingerprint density at radius 2 is 1.63 bits per heavy atom. The molecule has 35 heavy (non-hydrogen) atoms. The van der Waals surface area contributed by atoms with Crippen LogP contribution >= 0.6 is 0 Å². The fourth-order valence-corrected chi connectivity index (χ4v) is 5.47. The largest absolute Gasteiger partial charge is 0.338 e. The Balaban J connectivity index is 1.41. The third-order valence-corrected chi connectivity index (χ3v) is 7.22. The molecule has 0 aromatic heterocycles. The van der Waals surface area contributed by atoms with E-state index in [0.29, 0.717) is 13.1 Å². The Bertz CT molecular complexity index is 1160. The summed E-state index contributed by atoms with van der Waals surface area (Å²) in [5, 5.41) is 3.17. The van der Waals surface area contributed by atoms with Crippen molar-refractivity contribution in [1.82, 2.24) is 15.1 Å². The highest BCUT2D eigenvalue weighted by Crippen LogP contribution is 2.36. The van der Waals surface area contributed by atoms with Gasteiger partial charge in [-0.15, -0.1) is 0 Å². The van der Waals surface area contributed by atoms with E-state index in [0.717, 1.165) is 49.9 Å². The zero-order valence-electron chi connectivity index (χ0n) is 19.8. The first kappa shape index (κ1) is 23.5. The Labute approximate surface area is 205 Å². The lowest BCUT2D eigenvalue weighted by molar-refractivity contribution is 0.101. The highest BCUT2D eigenvalue weighted by Gasteiger charge is 2.36. The van der Waals surface area contributed by atoms with Gasteiger partial charge in [-0.05, 0) is 60.1 Å². The maximum atomic E-state index is 13.7. The molecule has 2 amide bonds. The van der Waals surface area contributed by atoms with Gasteiger partial charge >= 0.3 is 6.03 Å². The lowest BCUT2D eigenvalue weighted by atomic mass is 9.89. The first-order valence-corrected chi connectivity index (χ1v) is 12.5. The molecule has 0 aliphatic carbocycles. The van der Waals surface area contributed by atoms with E-state index in [-0.39, 0.29) is 18.1 Å². The van der Waals surface area contributed by atoms with Gasteiger partial charge in [-0.2, -0.15) is 0 Å². The van der Waals surface area contributed by atoms with E-state index in [1.54, 1.807) is 6.07 Å². The van der Waals surface area contributed by atoms with Crippen molar-refractivity contribution in [3.05, 3.63) is 107 Å². The average Bonchev–Trinajstić information content (AvgIpc) is 2.95. The number of hydrogen-bond donors (Lipinski definition) is 1. The molecule has 182 valence electrons. The SMILES string of the molecule is O=C1NCCCc2ccccc2C(c2ccccc2)N1C1CCN(Cc2ccc(F)c(F)c2)CC1. The number of piperidine rings is 1. The molecule has 1 atom stereocenters. The molecule has 4 nitrogen and oxygen atoms in total. The van der Waals surface area contributed by atoms with Gasteiger partial charge in [0.2, 0.25) is 0 Å². The summed E-state index contributed by atoms with van der Waals surface area (Å²) in [5.74, 6) is -1.63. The van der Waals surface area contributed by atoms with E-state index in [1.165, 1.54) is 23.3 Å². The van der Waals surface area contributed by atoms with Crippen LogP contribution < -0.4 is 5.32 Å². The molecular weight excluding hydrogens is 444 g/mol. The second kappa shape index (κ2) is 10.6. The first-order valence-electron chi connectivity index (χ1n) is 12.5. The van der Waals surface area contributed by atoms with E-state index in [4.69, 9.17) is 0 Å². The first-order chi connectivity index (χ1) is 17.1. The van der Waals surface area contributed by atoms with Crippen molar-refractivity contribution in [3.63, 3.8) is 0 Å². The van der Waals surface area contributed by atoms with Gasteiger partial charge in [-0.25, -0.2) is 13.6 Å². The number of benzene rings is 3. The topological polar surface area (TPSA) is 35.6 Å². The summed E-state index contributed by atoms with van der Waals surface area (Å²) in [5.41, 5.74) is 4.36. The second-order valence-electron chi connectivity index (χ2n) is 9.51. The predicted molar refractivity (Wildman–Crippen MR) is 133 cm³/mol. The van der Waals surface area contributed by atoms with E-state index in [2.05, 4.69) is 51.5 Å². The van der Waals surface area contributed by atoms with Crippen LogP contribution in [-0.4, -0.2) is 41.5 Å². The molecule has 2 aliphatic rings. The summed E-state index contributed by atoms with van der Waals surface area (Å²) in [6.07, 6.45) is 3.48. The van der Waals surface area contributed by atoms with Crippen LogP contribution in [-0.2, 0) is 13.0 Å². The second-order valence-corrected chi connectivity index (χ2v) is 9.51. The molecule has 0 bridgehead atoms. The van der Waals surface area contributed by atoms with Crippen molar-refractivity contribution < 1.29 is 13.6 Å². The van der Waals surface area contributed by atoms with E-state index < -0.39 is 11.6 Å². The van der Waals surface area contributed by atoms with Gasteiger partial charge in [0.05, 0.1) is 6.04 Å². The highest BCUT2D eigenvalue weighted by atomic mass is 19.2. The number of rotatable bonds is 4. The highest BCUT2D eigenvalue weighted by molar-refractivity contribution is 5.76. The third kappa shape index (κ3) is 5.22. The van der Waals surface area contributed by atoms with Crippen molar-refractivity contribution in [1.29, 1.82) is 0 Å². The number of urea groups is 1. The third-order valence-electron chi connectivity index (χ3n) is 7.22. The van der Waals surface area contributed by atoms with Crippen LogP contribution in [0.1, 0.15) is 47.6 Å². The quantitative estimate of drug-likeness (QED) is 0.527. The summed E-state index contributed by atoms with van der Waals surface area (Å²) in [6, 6.07) is 22.8. The van der Waals surface area contributed by atoms with Crippen LogP contribution in [0.4, 0.5) is 13.6 Å². The van der Waals surface area contributed by atoms with Gasteiger partial charge in [-0.3, -0.25) is 4.90 Å². The molecule has 0 saturated carbocycles. The number of nitrogens with zero attached hydrogens (tertiary/aromatic N) is 2. The zero-order valence-corrected chi connectivity index (χ0v) is 19.8. The van der Waals surface area contributed by atoms with Gasteiger partial charge in [0, 0.05) is 32.2 Å². The number of hydrogen-bond acceptors (Lipinski definition) is 2. The minimum Gasteiger partial charge on any atom is -0.338 e. The molecule has 6 heteroatoms. The van der Waals surface area contributed by atoms with E-state index >= 15 is 0 Å². The van der Waals surface area contributed by atoms with Crippen molar-refractivity contribution in [3.8, 4) is 0 Å². The minimum absolute atomic E-state index is 0.0189. The number of halogens is 2. The molecular formula is C29H31F2N3O. The summed E-state index contributed by atoms with van der Waals surface area (Å²) in [7, 11) is 0. The fraction of sp³-hybridized carbons (Fsp3) is 0.345. The number of aryl methyl sites for hydroxylation is 1. The molecule has 2 aliphatic heterocycles. The van der Waals surface area contributed by atoms with Crippen molar-refractivity contribution >= 4 is 6.03 Å². The van der Waals surface area contributed by atoms with Crippen LogP contribution in [0.25, 0.3) is 0 Å². The van der Waals surface area contributed by atoms with Gasteiger partial charge in [-0.1, -0.05) is 60.7 Å². The Kier molecular flexibility index (Phi) is 7.09. The van der Waals surface area contributed by atoms with Crippen LogP contribution in [0.5, 0.6) is 0 Å². The maximum absolute atomic E-state index is 13.7. The standard InChI is InChI=1S/C29H31F2N3O/c30-26-13-12-21(19-27(26)31)20-33-17-14-24(15-18-33)34-28(23-8-2-1-3-9-23)25-11-5-4-7-22(25)10-6-16-32-29(34)35/h1-5,7-9,11-13,19,24,28H,6,10,14-18,20H2,(H,32,35). The number of carbonyl (C=O) groups excluding carboxylic acids is 1. The Morgan fingerprint density at radius 3 is 2.40 bits per heavy atom.